The molecule has 1 aliphatic carbocycles. The molecule has 3 fully saturated rings. The number of anilines is 2. The Morgan fingerprint density at radius 1 is 0.800 bits per heavy atom. The monoisotopic (exact) mass is 813 g/mol. The molecule has 3 saturated heterocycles. The molecule has 8 nitrogen and oxygen atoms in total. The molecular weight excluding hydrogens is 759 g/mol. The Hall–Kier alpha value is -5.25. The van der Waals surface area contributed by atoms with Gasteiger partial charge in [-0.3, -0.25) is 9.56 Å². The predicted octanol–water partition coefficient (Wildman–Crippen LogP) is 9.77. The zero-order chi connectivity index (χ0) is 40.7. The highest BCUT2D eigenvalue weighted by atomic mass is 32.1. The molecule has 4 aromatic carbocycles. The number of piperidine rings is 1. The van der Waals surface area contributed by atoms with Gasteiger partial charge in [0.1, 0.15) is 22.6 Å². The van der Waals surface area contributed by atoms with Crippen LogP contribution in [0.1, 0.15) is 99.5 Å². The van der Waals surface area contributed by atoms with E-state index in [9.17, 15) is 5.11 Å². The third-order valence-corrected chi connectivity index (χ3v) is 15.9. The van der Waals surface area contributed by atoms with E-state index < -0.39 is 0 Å². The molecule has 0 radical (unpaired) electrons. The molecular formula is C51H55N7OS. The summed E-state index contributed by atoms with van der Waals surface area (Å²) in [5.41, 5.74) is 13.3. The van der Waals surface area contributed by atoms with Crippen molar-refractivity contribution >= 4 is 28.4 Å². The number of rotatable bonds is 7. The molecule has 9 heteroatoms. The highest BCUT2D eigenvalue weighted by Crippen LogP contribution is 2.48. The molecule has 60 heavy (non-hydrogen) atoms. The maximum atomic E-state index is 10.2. The number of benzene rings is 4. The quantitative estimate of drug-likeness (QED) is 0.173. The molecule has 0 bridgehead atoms. The second-order valence-electron chi connectivity index (χ2n) is 18.5. The second-order valence-corrected chi connectivity index (χ2v) is 19.7. The number of likely N-dealkylation sites (tertiary alicyclic amines) is 1. The topological polar surface area (TPSA) is 73.0 Å². The van der Waals surface area contributed by atoms with Gasteiger partial charge in [0, 0.05) is 85.0 Å². The van der Waals surface area contributed by atoms with Gasteiger partial charge in [0.2, 0.25) is 0 Å². The van der Waals surface area contributed by atoms with E-state index in [0.717, 1.165) is 62.3 Å². The zero-order valence-corrected chi connectivity index (χ0v) is 36.1. The number of phenolic OH excluding ortho intramolecular Hbond substituents is 1. The standard InChI is InChI=1S/C51H55N7OS/c1-32-34(3)60-50-46(32)48(52-33(2)49-54-53-35(4)58(49)50)39-12-17-41(18-13-39)56-24-22-51(23-25-56)30-55(31-51)27-36-28-57(29-36)42-15-10-38(11-16-42)47-44(37-8-6-5-7-9-37)20-14-40-26-43(59)19-21-45(40)47/h5-13,15-19,21,26,33,36,44,47,59H,14,20,22-25,27-31H2,1-4H3/t33-,44+,47-/m0/s1. The summed E-state index contributed by atoms with van der Waals surface area (Å²) in [6, 6.07) is 35.6. The maximum Gasteiger partial charge on any atom is 0.162 e. The predicted molar refractivity (Wildman–Crippen MR) is 244 cm³/mol. The number of phenols is 1. The Morgan fingerprint density at radius 3 is 2.27 bits per heavy atom. The van der Waals surface area contributed by atoms with Crippen LogP contribution in [-0.4, -0.2) is 76.3 Å². The number of aryl methyl sites for hydroxylation is 3. The van der Waals surface area contributed by atoms with Crippen molar-refractivity contribution in [2.45, 2.75) is 71.3 Å². The van der Waals surface area contributed by atoms with Crippen molar-refractivity contribution in [2.75, 3.05) is 55.6 Å². The summed E-state index contributed by atoms with van der Waals surface area (Å²) in [5.74, 6) is 3.65. The lowest BCUT2D eigenvalue weighted by Crippen LogP contribution is -2.63. The van der Waals surface area contributed by atoms with Crippen LogP contribution in [0, 0.1) is 32.1 Å². The van der Waals surface area contributed by atoms with Gasteiger partial charge in [0.05, 0.1) is 5.71 Å². The van der Waals surface area contributed by atoms with E-state index >= 15 is 0 Å². The number of aliphatic imine (C=N–C) groups is 1. The van der Waals surface area contributed by atoms with E-state index in [1.54, 1.807) is 0 Å². The number of aromatic nitrogens is 3. The summed E-state index contributed by atoms with van der Waals surface area (Å²) in [4.78, 5) is 14.5. The molecule has 6 aromatic rings. The lowest BCUT2D eigenvalue weighted by molar-refractivity contribution is -0.0295. The van der Waals surface area contributed by atoms with E-state index in [-0.39, 0.29) is 12.0 Å². The summed E-state index contributed by atoms with van der Waals surface area (Å²) in [7, 11) is 0. The lowest BCUT2D eigenvalue weighted by atomic mass is 9.69. The van der Waals surface area contributed by atoms with Crippen LogP contribution < -0.4 is 9.80 Å². The normalized spacial score (nSPS) is 22.3. The minimum absolute atomic E-state index is 0.0699. The molecule has 0 unspecified atom stereocenters. The Bertz CT molecular complexity index is 2570. The van der Waals surface area contributed by atoms with Gasteiger partial charge in [0.25, 0.3) is 0 Å². The number of hydrogen-bond donors (Lipinski definition) is 1. The van der Waals surface area contributed by atoms with E-state index in [1.807, 2.05) is 30.4 Å². The molecule has 0 saturated carbocycles. The van der Waals surface area contributed by atoms with E-state index in [1.165, 1.54) is 92.7 Å². The molecule has 3 atom stereocenters. The van der Waals surface area contributed by atoms with Crippen molar-refractivity contribution in [3.8, 4) is 10.8 Å². The Morgan fingerprint density at radius 2 is 1.52 bits per heavy atom. The van der Waals surface area contributed by atoms with Crippen LogP contribution in [-0.2, 0) is 6.42 Å². The van der Waals surface area contributed by atoms with Crippen molar-refractivity contribution in [3.05, 3.63) is 153 Å². The van der Waals surface area contributed by atoms with Gasteiger partial charge in [-0.15, -0.1) is 21.5 Å². The highest BCUT2D eigenvalue weighted by molar-refractivity contribution is 7.15. The first-order valence-electron chi connectivity index (χ1n) is 22.1. The Kier molecular flexibility index (Phi) is 9.26. The first-order chi connectivity index (χ1) is 29.2. The third-order valence-electron chi connectivity index (χ3n) is 14.7. The van der Waals surface area contributed by atoms with Crippen LogP contribution in [0.25, 0.3) is 5.00 Å². The van der Waals surface area contributed by atoms with Gasteiger partial charge >= 0.3 is 0 Å². The fraction of sp³-hybridized carbons (Fsp3) is 0.392. The molecule has 11 rings (SSSR count). The molecule has 306 valence electrons. The summed E-state index contributed by atoms with van der Waals surface area (Å²) < 4.78 is 2.22. The van der Waals surface area contributed by atoms with Crippen molar-refractivity contribution in [1.82, 2.24) is 19.7 Å². The highest BCUT2D eigenvalue weighted by Gasteiger charge is 2.46. The molecule has 5 aliphatic rings. The summed E-state index contributed by atoms with van der Waals surface area (Å²) in [6.45, 7) is 16.9. The number of fused-ring (bicyclic) bond motifs is 4. The fourth-order valence-electron chi connectivity index (χ4n) is 11.3. The SMILES string of the molecule is Cc1sc2c(c1C)C(c1ccc(N3CCC4(CC3)CN(CC3CN(c5ccc([C@@H]6c7ccc(O)cc7CC[C@@H]6c6ccccc6)cc5)C3)C4)cc1)=N[C@@H](C)c1nnc(C)n1-2. The maximum absolute atomic E-state index is 10.2. The zero-order valence-electron chi connectivity index (χ0n) is 35.3. The average Bonchev–Trinajstić information content (AvgIpc) is 3.73. The van der Waals surface area contributed by atoms with Gasteiger partial charge < -0.3 is 19.8 Å². The van der Waals surface area contributed by atoms with Gasteiger partial charge in [-0.1, -0.05) is 60.7 Å². The number of aromatic hydroxyl groups is 1. The average molecular weight is 814 g/mol. The fourth-order valence-corrected chi connectivity index (χ4v) is 12.5. The molecule has 1 spiro atoms. The number of nitrogens with zero attached hydrogens (tertiary/aromatic N) is 7. The first-order valence-corrected chi connectivity index (χ1v) is 22.9. The molecule has 1 N–H and O–H groups in total. The van der Waals surface area contributed by atoms with Gasteiger partial charge in [-0.05, 0) is 129 Å². The lowest BCUT2D eigenvalue weighted by Gasteiger charge is -2.56. The van der Waals surface area contributed by atoms with Crippen LogP contribution in [0.5, 0.6) is 5.75 Å². The first kappa shape index (κ1) is 37.7. The van der Waals surface area contributed by atoms with Gasteiger partial charge in [0.15, 0.2) is 5.82 Å². The number of thiophene rings is 1. The van der Waals surface area contributed by atoms with Crippen LogP contribution in [0.15, 0.2) is 102 Å². The minimum atomic E-state index is -0.0699. The van der Waals surface area contributed by atoms with Crippen LogP contribution in [0.3, 0.4) is 0 Å². The summed E-state index contributed by atoms with van der Waals surface area (Å²) in [5, 5.41) is 20.4. The van der Waals surface area contributed by atoms with Crippen LogP contribution in [0.4, 0.5) is 11.4 Å². The molecule has 2 aromatic heterocycles. The van der Waals surface area contributed by atoms with Crippen LogP contribution in [0.2, 0.25) is 0 Å². The van der Waals surface area contributed by atoms with Gasteiger partial charge in [-0.2, -0.15) is 0 Å². The van der Waals surface area contributed by atoms with E-state index in [0.29, 0.717) is 17.1 Å². The van der Waals surface area contributed by atoms with Crippen molar-refractivity contribution in [1.29, 1.82) is 0 Å². The second kappa shape index (κ2) is 14.7. The Balaban J connectivity index is 0.686. The Labute approximate surface area is 358 Å². The van der Waals surface area contributed by atoms with Crippen molar-refractivity contribution < 1.29 is 5.11 Å². The largest absolute Gasteiger partial charge is 0.508 e. The molecule has 6 heterocycles. The number of hydrogen-bond acceptors (Lipinski definition) is 8. The van der Waals surface area contributed by atoms with Gasteiger partial charge in [-0.25, -0.2) is 0 Å². The van der Waals surface area contributed by atoms with Crippen molar-refractivity contribution in [3.63, 3.8) is 0 Å². The summed E-state index contributed by atoms with van der Waals surface area (Å²) >= 11 is 1.82. The minimum Gasteiger partial charge on any atom is -0.508 e. The molecule has 0 amide bonds. The van der Waals surface area contributed by atoms with E-state index in [4.69, 9.17) is 4.99 Å². The van der Waals surface area contributed by atoms with Crippen molar-refractivity contribution in [2.24, 2.45) is 16.3 Å². The van der Waals surface area contributed by atoms with E-state index in [2.05, 4.69) is 135 Å². The smallest absolute Gasteiger partial charge is 0.162 e. The molecule has 4 aliphatic heterocycles. The third kappa shape index (κ3) is 6.47. The van der Waals surface area contributed by atoms with Crippen LogP contribution >= 0.6 is 11.3 Å². The summed E-state index contributed by atoms with van der Waals surface area (Å²) in [6.07, 6.45) is 4.63.